The number of hydrogen-bond acceptors (Lipinski definition) is 5. The van der Waals surface area contributed by atoms with Crippen LogP contribution in [0.5, 0.6) is 0 Å². The number of halogens is 3. The van der Waals surface area contributed by atoms with Crippen molar-refractivity contribution in [3.8, 4) is 0 Å². The number of rotatable bonds is 6. The van der Waals surface area contributed by atoms with Crippen molar-refractivity contribution in [2.45, 2.75) is 6.18 Å². The van der Waals surface area contributed by atoms with Crippen LogP contribution in [0, 0.1) is 0 Å². The van der Waals surface area contributed by atoms with Gasteiger partial charge < -0.3 is 0 Å². The molecule has 0 spiro atoms. The Morgan fingerprint density at radius 2 is 2.04 bits per heavy atom. The van der Waals surface area contributed by atoms with E-state index in [4.69, 9.17) is 0 Å². The Balaban J connectivity index is 2.16. The summed E-state index contributed by atoms with van der Waals surface area (Å²) in [6.45, 7) is -0.732. The van der Waals surface area contributed by atoms with Gasteiger partial charge >= 0.3 is 6.18 Å². The quantitative estimate of drug-likeness (QED) is 0.593. The molecule has 27 heavy (non-hydrogen) atoms. The van der Waals surface area contributed by atoms with E-state index in [1.165, 1.54) is 18.5 Å². The minimum Gasteiger partial charge on any atom is -0.271 e. The summed E-state index contributed by atoms with van der Waals surface area (Å²) in [5, 5.41) is 3.66. The number of alkyl halides is 3. The number of nitrogens with zero attached hydrogens (tertiary/aromatic N) is 3. The lowest BCUT2D eigenvalue weighted by Gasteiger charge is -2.22. The minimum atomic E-state index is -4.64. The zero-order valence-corrected chi connectivity index (χ0v) is 14.8. The molecule has 0 aliphatic carbocycles. The van der Waals surface area contributed by atoms with Crippen molar-refractivity contribution < 1.29 is 26.4 Å². The van der Waals surface area contributed by atoms with Gasteiger partial charge in [0, 0.05) is 18.0 Å². The molecule has 0 radical (unpaired) electrons. The van der Waals surface area contributed by atoms with Gasteiger partial charge in [-0.25, -0.2) is 13.8 Å². The van der Waals surface area contributed by atoms with Gasteiger partial charge in [0.25, 0.3) is 5.91 Å². The van der Waals surface area contributed by atoms with Crippen molar-refractivity contribution in [2.75, 3.05) is 17.1 Å². The number of hydrazone groups is 1. The normalized spacial score (nSPS) is 12.1. The van der Waals surface area contributed by atoms with Crippen LogP contribution in [0.25, 0.3) is 0 Å². The first-order valence-electron chi connectivity index (χ1n) is 7.44. The van der Waals surface area contributed by atoms with Gasteiger partial charge in [-0.1, -0.05) is 12.1 Å². The van der Waals surface area contributed by atoms with Crippen LogP contribution >= 0.6 is 0 Å². The maximum atomic E-state index is 12.8. The second kappa shape index (κ2) is 8.16. The first kappa shape index (κ1) is 20.4. The predicted octanol–water partition coefficient (Wildman–Crippen LogP) is 2.02. The van der Waals surface area contributed by atoms with E-state index in [1.807, 2.05) is 0 Å². The van der Waals surface area contributed by atoms with Crippen LogP contribution in [0.1, 0.15) is 11.1 Å². The molecule has 1 N–H and O–H groups in total. The summed E-state index contributed by atoms with van der Waals surface area (Å²) in [5.74, 6) is -0.821. The number of benzene rings is 1. The van der Waals surface area contributed by atoms with Crippen LogP contribution in [0.15, 0.2) is 53.9 Å². The van der Waals surface area contributed by atoms with E-state index in [9.17, 15) is 26.4 Å². The summed E-state index contributed by atoms with van der Waals surface area (Å²) in [7, 11) is -4.01. The fourth-order valence-corrected chi connectivity index (χ4v) is 2.88. The molecular weight excluding hydrogens is 385 g/mol. The number of pyridine rings is 1. The maximum absolute atomic E-state index is 12.8. The van der Waals surface area contributed by atoms with Gasteiger partial charge in [0.1, 0.15) is 6.54 Å². The topological polar surface area (TPSA) is 91.7 Å². The number of amides is 1. The van der Waals surface area contributed by atoms with Crippen LogP contribution in [0.3, 0.4) is 0 Å². The first-order valence-corrected chi connectivity index (χ1v) is 9.29. The maximum Gasteiger partial charge on any atom is 0.416 e. The molecule has 2 rings (SSSR count). The van der Waals surface area contributed by atoms with E-state index in [2.05, 4.69) is 15.5 Å². The summed E-state index contributed by atoms with van der Waals surface area (Å²) in [4.78, 5) is 15.8. The Kier molecular flexibility index (Phi) is 6.16. The summed E-state index contributed by atoms with van der Waals surface area (Å²) in [6.07, 6.45) is 0.477. The zero-order valence-electron chi connectivity index (χ0n) is 14.0. The van der Waals surface area contributed by atoms with Crippen LogP contribution < -0.4 is 9.73 Å². The molecule has 0 saturated carbocycles. The fourth-order valence-electron chi connectivity index (χ4n) is 2.03. The molecule has 0 aliphatic rings. The average molecular weight is 400 g/mol. The predicted molar refractivity (Wildman–Crippen MR) is 93.6 cm³/mol. The number of nitrogens with one attached hydrogen (secondary N) is 1. The molecule has 7 nitrogen and oxygen atoms in total. The van der Waals surface area contributed by atoms with E-state index >= 15 is 0 Å². The van der Waals surface area contributed by atoms with Crippen molar-refractivity contribution in [2.24, 2.45) is 5.10 Å². The van der Waals surface area contributed by atoms with E-state index in [1.54, 1.807) is 18.3 Å². The molecular formula is C16H15F3N4O3S. The highest BCUT2D eigenvalue weighted by molar-refractivity contribution is 7.92. The lowest BCUT2D eigenvalue weighted by atomic mass is 10.2. The van der Waals surface area contributed by atoms with Gasteiger partial charge in [-0.15, -0.1) is 0 Å². The third-order valence-corrected chi connectivity index (χ3v) is 4.38. The third kappa shape index (κ3) is 6.06. The van der Waals surface area contributed by atoms with Crippen molar-refractivity contribution >= 4 is 27.8 Å². The van der Waals surface area contributed by atoms with Crippen molar-refractivity contribution in [3.05, 3.63) is 59.9 Å². The van der Waals surface area contributed by atoms with E-state index in [-0.39, 0.29) is 5.69 Å². The lowest BCUT2D eigenvalue weighted by molar-refractivity contribution is -0.137. The molecule has 1 aromatic heterocycles. The number of sulfonamides is 1. The molecule has 0 unspecified atom stereocenters. The van der Waals surface area contributed by atoms with Gasteiger partial charge in [-0.05, 0) is 24.3 Å². The average Bonchev–Trinajstić information content (AvgIpc) is 2.59. The molecule has 0 aliphatic heterocycles. The third-order valence-electron chi connectivity index (χ3n) is 3.24. The van der Waals surface area contributed by atoms with E-state index in [0.29, 0.717) is 15.9 Å². The van der Waals surface area contributed by atoms with Gasteiger partial charge in [-0.3, -0.25) is 14.1 Å². The van der Waals surface area contributed by atoms with Crippen molar-refractivity contribution in [1.82, 2.24) is 10.4 Å². The van der Waals surface area contributed by atoms with Gasteiger partial charge in [0.15, 0.2) is 0 Å². The fraction of sp³-hybridized carbons (Fsp3) is 0.188. The molecule has 1 amide bonds. The van der Waals surface area contributed by atoms with Gasteiger partial charge in [0.2, 0.25) is 10.0 Å². The molecule has 0 atom stereocenters. The summed E-state index contributed by atoms with van der Waals surface area (Å²) in [6, 6.07) is 7.03. The molecule has 11 heteroatoms. The van der Waals surface area contributed by atoms with Crippen LogP contribution in [0.2, 0.25) is 0 Å². The van der Waals surface area contributed by atoms with Gasteiger partial charge in [-0.2, -0.15) is 18.3 Å². The monoisotopic (exact) mass is 400 g/mol. The molecule has 144 valence electrons. The highest BCUT2D eigenvalue weighted by atomic mass is 32.2. The van der Waals surface area contributed by atoms with Crippen molar-refractivity contribution in [3.63, 3.8) is 0 Å². The Morgan fingerprint density at radius 3 is 2.63 bits per heavy atom. The van der Waals surface area contributed by atoms with Crippen molar-refractivity contribution in [1.29, 1.82) is 0 Å². The van der Waals surface area contributed by atoms with E-state index in [0.717, 1.165) is 18.4 Å². The van der Waals surface area contributed by atoms with E-state index < -0.39 is 34.2 Å². The Labute approximate surface area is 153 Å². The summed E-state index contributed by atoms with van der Waals surface area (Å²) >= 11 is 0. The minimum absolute atomic E-state index is 0.279. The standard InChI is InChI=1S/C16H15F3N4O3S/c1-27(25,26)23(14-6-2-5-13(8-14)16(17,18)19)11-15(24)22-21-10-12-4-3-7-20-9-12/h2-10H,11H2,1H3,(H,22,24)/b21-10-. The zero-order chi connectivity index (χ0) is 20.1. The SMILES string of the molecule is CS(=O)(=O)N(CC(=O)N/N=C\c1cccnc1)c1cccc(C(F)(F)F)c1. The second-order valence-corrected chi connectivity index (χ2v) is 7.30. The smallest absolute Gasteiger partial charge is 0.271 e. The molecule has 0 fully saturated rings. The number of hydrogen-bond donors (Lipinski definition) is 1. The Hall–Kier alpha value is -2.95. The number of carbonyl (C=O) groups excluding carboxylic acids is 1. The Morgan fingerprint density at radius 1 is 1.30 bits per heavy atom. The number of anilines is 1. The Bertz CT molecular complexity index is 931. The highest BCUT2D eigenvalue weighted by Crippen LogP contribution is 2.32. The largest absolute Gasteiger partial charge is 0.416 e. The molecule has 0 bridgehead atoms. The first-order chi connectivity index (χ1) is 12.6. The second-order valence-electron chi connectivity index (χ2n) is 5.40. The molecule has 1 aromatic carbocycles. The van der Waals surface area contributed by atoms with Crippen LogP contribution in [-0.2, 0) is 21.0 Å². The number of aromatic nitrogens is 1. The number of carbonyl (C=O) groups is 1. The summed E-state index contributed by atoms with van der Waals surface area (Å²) in [5.41, 5.74) is 1.41. The highest BCUT2D eigenvalue weighted by Gasteiger charge is 2.31. The lowest BCUT2D eigenvalue weighted by Crippen LogP contribution is -2.39. The summed E-state index contributed by atoms with van der Waals surface area (Å²) < 4.78 is 63.0. The van der Waals surface area contributed by atoms with Gasteiger partial charge in [0.05, 0.1) is 23.7 Å². The molecule has 1 heterocycles. The van der Waals surface area contributed by atoms with Crippen LogP contribution in [-0.4, -0.2) is 38.3 Å². The molecule has 0 saturated heterocycles. The molecule has 2 aromatic rings. The van der Waals surface area contributed by atoms with Crippen LogP contribution in [0.4, 0.5) is 18.9 Å².